The van der Waals surface area contributed by atoms with Crippen LogP contribution in [0, 0.1) is 13.8 Å². The molecule has 0 saturated carbocycles. The Bertz CT molecular complexity index is 584. The van der Waals surface area contributed by atoms with Crippen molar-refractivity contribution in [2.75, 3.05) is 0 Å². The van der Waals surface area contributed by atoms with Gasteiger partial charge in [-0.15, -0.1) is 0 Å². The van der Waals surface area contributed by atoms with Crippen LogP contribution in [-0.2, 0) is 13.2 Å². The van der Waals surface area contributed by atoms with Crippen molar-refractivity contribution in [3.8, 4) is 5.75 Å². The molecule has 1 aromatic heterocycles. The monoisotopic (exact) mass is 276 g/mol. The Hall–Kier alpha value is -1.58. The first-order valence-corrected chi connectivity index (χ1v) is 6.52. The van der Waals surface area contributed by atoms with Crippen molar-refractivity contribution in [2.24, 2.45) is 5.73 Å². The molecule has 2 rings (SSSR count). The van der Waals surface area contributed by atoms with Crippen LogP contribution < -0.4 is 10.5 Å². The van der Waals surface area contributed by atoms with Crippen molar-refractivity contribution in [2.45, 2.75) is 27.0 Å². The van der Waals surface area contributed by atoms with Crippen LogP contribution in [0.4, 0.5) is 0 Å². The summed E-state index contributed by atoms with van der Waals surface area (Å²) in [5.74, 6) is 0.713. The summed E-state index contributed by atoms with van der Waals surface area (Å²) in [7, 11) is 0. The molecule has 4 heteroatoms. The van der Waals surface area contributed by atoms with Gasteiger partial charge in [-0.1, -0.05) is 23.7 Å². The molecule has 0 aliphatic rings. The molecule has 100 valence electrons. The van der Waals surface area contributed by atoms with E-state index in [9.17, 15) is 0 Å². The van der Waals surface area contributed by atoms with Crippen molar-refractivity contribution in [1.82, 2.24) is 4.98 Å². The van der Waals surface area contributed by atoms with E-state index >= 15 is 0 Å². The van der Waals surface area contributed by atoms with E-state index in [1.807, 2.05) is 44.2 Å². The third-order valence-corrected chi connectivity index (χ3v) is 3.21. The number of aryl methyl sites for hydroxylation is 2. The summed E-state index contributed by atoms with van der Waals surface area (Å²) >= 11 is 6.17. The van der Waals surface area contributed by atoms with Crippen LogP contribution >= 0.6 is 11.6 Å². The molecule has 0 amide bonds. The minimum Gasteiger partial charge on any atom is -0.487 e. The topological polar surface area (TPSA) is 48.1 Å². The van der Waals surface area contributed by atoms with Crippen LogP contribution in [0.15, 0.2) is 30.3 Å². The first-order valence-electron chi connectivity index (χ1n) is 6.14. The number of nitrogens with two attached hydrogens (primary N) is 1. The van der Waals surface area contributed by atoms with Crippen LogP contribution in [0.2, 0.25) is 5.02 Å². The SMILES string of the molecule is Cc1ccc(COc2ccc(C)nc2CN)c(Cl)c1. The Morgan fingerprint density at radius 2 is 2.00 bits per heavy atom. The number of ether oxygens (including phenoxy) is 1. The highest BCUT2D eigenvalue weighted by Crippen LogP contribution is 2.22. The number of rotatable bonds is 4. The highest BCUT2D eigenvalue weighted by atomic mass is 35.5. The molecule has 0 saturated heterocycles. The van der Waals surface area contributed by atoms with Gasteiger partial charge in [-0.2, -0.15) is 0 Å². The van der Waals surface area contributed by atoms with Gasteiger partial charge in [0.15, 0.2) is 0 Å². The highest BCUT2D eigenvalue weighted by Gasteiger charge is 2.06. The van der Waals surface area contributed by atoms with Gasteiger partial charge in [0.25, 0.3) is 0 Å². The minimum atomic E-state index is 0.360. The second-order valence-electron chi connectivity index (χ2n) is 4.49. The van der Waals surface area contributed by atoms with Crippen molar-refractivity contribution >= 4 is 11.6 Å². The Labute approximate surface area is 118 Å². The molecule has 0 bridgehead atoms. The van der Waals surface area contributed by atoms with Gasteiger partial charge in [0, 0.05) is 22.8 Å². The Morgan fingerprint density at radius 1 is 1.21 bits per heavy atom. The molecule has 2 N–H and O–H groups in total. The molecular weight excluding hydrogens is 260 g/mol. The highest BCUT2D eigenvalue weighted by molar-refractivity contribution is 6.31. The van der Waals surface area contributed by atoms with Gasteiger partial charge in [0.1, 0.15) is 12.4 Å². The van der Waals surface area contributed by atoms with Crippen LogP contribution in [0.3, 0.4) is 0 Å². The maximum Gasteiger partial charge on any atom is 0.142 e. The summed E-state index contributed by atoms with van der Waals surface area (Å²) in [4.78, 5) is 4.36. The zero-order valence-electron chi connectivity index (χ0n) is 11.1. The lowest BCUT2D eigenvalue weighted by atomic mass is 10.1. The first-order chi connectivity index (χ1) is 9.10. The summed E-state index contributed by atoms with van der Waals surface area (Å²) in [6, 6.07) is 9.72. The normalized spacial score (nSPS) is 10.5. The molecule has 0 aliphatic heterocycles. The quantitative estimate of drug-likeness (QED) is 0.931. The van der Waals surface area contributed by atoms with E-state index in [4.69, 9.17) is 22.1 Å². The third-order valence-electron chi connectivity index (χ3n) is 2.86. The third kappa shape index (κ3) is 3.46. The average molecular weight is 277 g/mol. The van der Waals surface area contributed by atoms with E-state index in [2.05, 4.69) is 4.98 Å². The fourth-order valence-electron chi connectivity index (χ4n) is 1.80. The lowest BCUT2D eigenvalue weighted by molar-refractivity contribution is 0.301. The minimum absolute atomic E-state index is 0.360. The second-order valence-corrected chi connectivity index (χ2v) is 4.89. The molecule has 0 spiro atoms. The maximum atomic E-state index is 6.17. The standard InChI is InChI=1S/C15H17ClN2O/c1-10-3-5-12(13(16)7-10)9-19-15-6-4-11(2)18-14(15)8-17/h3-7H,8-9,17H2,1-2H3. The largest absolute Gasteiger partial charge is 0.487 e. The number of benzene rings is 1. The molecule has 0 aliphatic carbocycles. The van der Waals surface area contributed by atoms with E-state index in [0.717, 1.165) is 27.5 Å². The molecule has 3 nitrogen and oxygen atoms in total. The summed E-state index contributed by atoms with van der Waals surface area (Å²) in [5, 5.41) is 0.717. The van der Waals surface area contributed by atoms with E-state index in [0.29, 0.717) is 18.9 Å². The van der Waals surface area contributed by atoms with Crippen LogP contribution in [0.5, 0.6) is 5.75 Å². The molecule has 0 unspecified atom stereocenters. The molecule has 19 heavy (non-hydrogen) atoms. The number of hydrogen-bond acceptors (Lipinski definition) is 3. The van der Waals surface area contributed by atoms with Crippen molar-refractivity contribution in [1.29, 1.82) is 0 Å². The lowest BCUT2D eigenvalue weighted by Gasteiger charge is -2.11. The van der Waals surface area contributed by atoms with Gasteiger partial charge in [-0.25, -0.2) is 0 Å². The molecule has 0 atom stereocenters. The number of halogens is 1. The van der Waals surface area contributed by atoms with Gasteiger partial charge in [-0.3, -0.25) is 4.98 Å². The summed E-state index contributed by atoms with van der Waals surface area (Å²) in [5.41, 5.74) is 9.46. The van der Waals surface area contributed by atoms with E-state index in [1.54, 1.807) is 0 Å². The Balaban J connectivity index is 2.14. The van der Waals surface area contributed by atoms with Gasteiger partial charge in [0.05, 0.1) is 5.69 Å². The van der Waals surface area contributed by atoms with Crippen LogP contribution in [0.1, 0.15) is 22.5 Å². The maximum absolute atomic E-state index is 6.17. The summed E-state index contributed by atoms with van der Waals surface area (Å²) in [6.07, 6.45) is 0. The average Bonchev–Trinajstić information content (AvgIpc) is 2.39. The number of hydrogen-bond donors (Lipinski definition) is 1. The van der Waals surface area contributed by atoms with E-state index in [-0.39, 0.29) is 0 Å². The van der Waals surface area contributed by atoms with Gasteiger partial charge in [-0.05, 0) is 37.6 Å². The Kier molecular flexibility index (Phi) is 4.40. The van der Waals surface area contributed by atoms with Gasteiger partial charge >= 0.3 is 0 Å². The van der Waals surface area contributed by atoms with Crippen LogP contribution in [0.25, 0.3) is 0 Å². The molecule has 1 heterocycles. The number of nitrogens with zero attached hydrogens (tertiary/aromatic N) is 1. The molecular formula is C15H17ClN2O. The smallest absolute Gasteiger partial charge is 0.142 e. The van der Waals surface area contributed by atoms with Gasteiger partial charge in [0.2, 0.25) is 0 Å². The Morgan fingerprint density at radius 3 is 2.68 bits per heavy atom. The lowest BCUT2D eigenvalue weighted by Crippen LogP contribution is -2.06. The second kappa shape index (κ2) is 6.04. The molecule has 0 fully saturated rings. The number of pyridine rings is 1. The fourth-order valence-corrected chi connectivity index (χ4v) is 2.09. The predicted molar refractivity (Wildman–Crippen MR) is 77.4 cm³/mol. The van der Waals surface area contributed by atoms with Crippen molar-refractivity contribution in [3.63, 3.8) is 0 Å². The van der Waals surface area contributed by atoms with Gasteiger partial charge < -0.3 is 10.5 Å². The van der Waals surface area contributed by atoms with Crippen LogP contribution in [-0.4, -0.2) is 4.98 Å². The number of aromatic nitrogens is 1. The summed E-state index contributed by atoms with van der Waals surface area (Å²) < 4.78 is 5.76. The predicted octanol–water partition coefficient (Wildman–Crippen LogP) is 3.39. The van der Waals surface area contributed by atoms with E-state index in [1.165, 1.54) is 0 Å². The zero-order valence-corrected chi connectivity index (χ0v) is 11.9. The van der Waals surface area contributed by atoms with Crippen molar-refractivity contribution in [3.05, 3.63) is 57.9 Å². The molecule has 2 aromatic rings. The molecule has 0 radical (unpaired) electrons. The first kappa shape index (κ1) is 13.8. The summed E-state index contributed by atoms with van der Waals surface area (Å²) in [6.45, 7) is 4.71. The van der Waals surface area contributed by atoms with E-state index < -0.39 is 0 Å². The fraction of sp³-hybridized carbons (Fsp3) is 0.267. The zero-order chi connectivity index (χ0) is 13.8. The van der Waals surface area contributed by atoms with Crippen molar-refractivity contribution < 1.29 is 4.74 Å². The molecule has 1 aromatic carbocycles.